The van der Waals surface area contributed by atoms with Crippen molar-refractivity contribution >= 4 is 34.0 Å². The molecule has 7 nitrogen and oxygen atoms in total. The van der Waals surface area contributed by atoms with Gasteiger partial charge in [-0.05, 0) is 36.8 Å². The molecule has 0 aliphatic carbocycles. The lowest BCUT2D eigenvalue weighted by molar-refractivity contribution is -0.137. The van der Waals surface area contributed by atoms with Gasteiger partial charge in [-0.1, -0.05) is 12.1 Å². The highest BCUT2D eigenvalue weighted by Gasteiger charge is 2.44. The van der Waals surface area contributed by atoms with E-state index >= 15 is 4.39 Å². The first-order chi connectivity index (χ1) is 17.1. The van der Waals surface area contributed by atoms with Gasteiger partial charge in [0, 0.05) is 30.1 Å². The van der Waals surface area contributed by atoms with Crippen LogP contribution in [0.15, 0.2) is 48.9 Å². The van der Waals surface area contributed by atoms with Crippen LogP contribution in [0.2, 0.25) is 0 Å². The summed E-state index contributed by atoms with van der Waals surface area (Å²) < 4.78 is 56.1. The van der Waals surface area contributed by atoms with Gasteiger partial charge in [-0.25, -0.2) is 14.4 Å². The number of carbonyl (C=O) groups excluding carboxylic acids is 1. The number of hydrogen-bond acceptors (Lipinski definition) is 5. The Morgan fingerprint density at radius 3 is 2.64 bits per heavy atom. The number of fused-ring (bicyclic) bond motifs is 2. The molecule has 182 valence electrons. The van der Waals surface area contributed by atoms with Crippen molar-refractivity contribution in [2.45, 2.75) is 19.1 Å². The molecular formula is C24H16F4N6OS. The minimum absolute atomic E-state index is 0.190. The first kappa shape index (κ1) is 22.4. The lowest BCUT2D eigenvalue weighted by Crippen LogP contribution is -2.30. The highest BCUT2D eigenvalue weighted by atomic mass is 32.1. The van der Waals surface area contributed by atoms with Crippen LogP contribution in [0.3, 0.4) is 0 Å². The number of aryl methyl sites for hydroxylation is 2. The third-order valence-corrected chi connectivity index (χ3v) is 7.32. The molecular weight excluding hydrogens is 496 g/mol. The van der Waals surface area contributed by atoms with E-state index in [0.29, 0.717) is 39.5 Å². The SMILES string of the molecule is Cc1nn(C)c2c1C(c1ccc(-c3cnc(C(F)(F)F)s3)cc1F)N(c1ccc3nc[nH]c3c1)C2=O. The van der Waals surface area contributed by atoms with E-state index < -0.39 is 23.0 Å². The molecule has 0 bridgehead atoms. The molecule has 1 N–H and O–H groups in total. The zero-order valence-corrected chi connectivity index (χ0v) is 19.6. The van der Waals surface area contributed by atoms with Crippen molar-refractivity contribution in [2.75, 3.05) is 4.90 Å². The van der Waals surface area contributed by atoms with E-state index in [2.05, 4.69) is 20.1 Å². The average molecular weight is 512 g/mol. The molecule has 1 aliphatic heterocycles. The summed E-state index contributed by atoms with van der Waals surface area (Å²) in [5, 5.41) is 3.37. The van der Waals surface area contributed by atoms with Crippen molar-refractivity contribution in [3.8, 4) is 10.4 Å². The first-order valence-electron chi connectivity index (χ1n) is 10.8. The number of nitrogens with zero attached hydrogens (tertiary/aromatic N) is 5. The van der Waals surface area contributed by atoms with Crippen LogP contribution < -0.4 is 4.90 Å². The van der Waals surface area contributed by atoms with Crippen molar-refractivity contribution in [1.29, 1.82) is 0 Å². The number of aromatic amines is 1. The van der Waals surface area contributed by atoms with Crippen molar-refractivity contribution in [3.63, 3.8) is 0 Å². The Labute approximate surface area is 205 Å². The second-order valence-corrected chi connectivity index (χ2v) is 9.45. The molecule has 0 radical (unpaired) electrons. The number of H-pyrrole nitrogens is 1. The molecule has 36 heavy (non-hydrogen) atoms. The Bertz CT molecular complexity index is 1670. The fraction of sp³-hybridized carbons (Fsp3) is 0.167. The maximum Gasteiger partial charge on any atom is 0.443 e. The predicted octanol–water partition coefficient (Wildman–Crippen LogP) is 5.64. The zero-order chi connectivity index (χ0) is 25.4. The summed E-state index contributed by atoms with van der Waals surface area (Å²) in [6, 6.07) is 8.67. The largest absolute Gasteiger partial charge is 0.443 e. The molecule has 1 atom stereocenters. The molecule has 0 saturated carbocycles. The van der Waals surface area contributed by atoms with Gasteiger partial charge in [0.25, 0.3) is 5.91 Å². The van der Waals surface area contributed by atoms with E-state index in [1.165, 1.54) is 27.8 Å². The number of nitrogens with one attached hydrogen (secondary N) is 1. The number of alkyl halides is 3. The van der Waals surface area contributed by atoms with Crippen LogP contribution in [0.1, 0.15) is 38.4 Å². The van der Waals surface area contributed by atoms with E-state index in [-0.39, 0.29) is 21.9 Å². The maximum atomic E-state index is 15.7. The zero-order valence-electron chi connectivity index (χ0n) is 18.8. The molecule has 0 saturated heterocycles. The number of thiazole rings is 1. The third-order valence-electron chi connectivity index (χ3n) is 6.23. The normalized spacial score (nSPS) is 15.8. The van der Waals surface area contributed by atoms with Gasteiger partial charge in [-0.2, -0.15) is 18.3 Å². The number of imidazole rings is 1. The molecule has 3 aromatic heterocycles. The number of amides is 1. The molecule has 0 fully saturated rings. The molecule has 5 aromatic rings. The van der Waals surface area contributed by atoms with E-state index in [0.717, 1.165) is 11.7 Å². The monoisotopic (exact) mass is 512 g/mol. The van der Waals surface area contributed by atoms with Crippen molar-refractivity contribution in [2.24, 2.45) is 7.05 Å². The lowest BCUT2D eigenvalue weighted by atomic mass is 9.97. The van der Waals surface area contributed by atoms with Crippen LogP contribution in [0.4, 0.5) is 23.2 Å². The molecule has 4 heterocycles. The van der Waals surface area contributed by atoms with E-state index in [1.54, 1.807) is 38.5 Å². The second-order valence-electron chi connectivity index (χ2n) is 8.42. The van der Waals surface area contributed by atoms with Gasteiger partial charge >= 0.3 is 6.18 Å². The van der Waals surface area contributed by atoms with Gasteiger partial charge in [0.05, 0.1) is 34.0 Å². The fourth-order valence-electron chi connectivity index (χ4n) is 4.69. The van der Waals surface area contributed by atoms with Crippen LogP contribution in [0.25, 0.3) is 21.5 Å². The number of halogens is 4. The van der Waals surface area contributed by atoms with Crippen LogP contribution in [-0.4, -0.2) is 30.6 Å². The number of benzene rings is 2. The Kier molecular flexibility index (Phi) is 4.80. The molecule has 1 unspecified atom stereocenters. The fourth-order valence-corrected chi connectivity index (χ4v) is 5.47. The van der Waals surface area contributed by atoms with Gasteiger partial charge in [0.2, 0.25) is 0 Å². The van der Waals surface area contributed by atoms with E-state index in [4.69, 9.17) is 0 Å². The van der Waals surface area contributed by atoms with Gasteiger partial charge in [0.1, 0.15) is 11.5 Å². The number of hydrogen-bond donors (Lipinski definition) is 1. The third kappa shape index (κ3) is 3.32. The Morgan fingerprint density at radius 1 is 1.11 bits per heavy atom. The summed E-state index contributed by atoms with van der Waals surface area (Å²) in [4.78, 5) is 25.9. The van der Waals surface area contributed by atoms with Crippen molar-refractivity contribution < 1.29 is 22.4 Å². The summed E-state index contributed by atoms with van der Waals surface area (Å²) >= 11 is 0.444. The van der Waals surface area contributed by atoms with Gasteiger partial charge in [-0.15, -0.1) is 11.3 Å². The Balaban J connectivity index is 1.48. The summed E-state index contributed by atoms with van der Waals surface area (Å²) in [7, 11) is 1.66. The van der Waals surface area contributed by atoms with Gasteiger partial charge in [-0.3, -0.25) is 14.4 Å². The van der Waals surface area contributed by atoms with Crippen LogP contribution in [0.5, 0.6) is 0 Å². The standard InChI is InChI=1S/C24H16F4N6OS/c1-11-19-20(14-5-3-12(7-15(14)25)18-9-29-23(36-18)24(26,27)28)34(22(35)21(19)33(2)32-11)13-4-6-16-17(8-13)31-10-30-16/h3-10,20H,1-2H3,(H,30,31). The lowest BCUT2D eigenvalue weighted by Gasteiger charge is -2.27. The molecule has 2 aromatic carbocycles. The van der Waals surface area contributed by atoms with Crippen LogP contribution in [-0.2, 0) is 13.2 Å². The number of carbonyl (C=O) groups is 1. The minimum atomic E-state index is -4.57. The van der Waals surface area contributed by atoms with Crippen LogP contribution in [0, 0.1) is 12.7 Å². The van der Waals surface area contributed by atoms with Crippen molar-refractivity contribution in [3.05, 3.63) is 82.3 Å². The highest BCUT2D eigenvalue weighted by molar-refractivity contribution is 7.15. The van der Waals surface area contributed by atoms with E-state index in [1.807, 2.05) is 0 Å². The Hall–Kier alpha value is -4.06. The number of rotatable bonds is 3. The maximum absolute atomic E-state index is 15.7. The smallest absolute Gasteiger partial charge is 0.345 e. The van der Waals surface area contributed by atoms with Crippen molar-refractivity contribution in [1.82, 2.24) is 24.7 Å². The summed E-state index contributed by atoms with van der Waals surface area (Å²) in [5.41, 5.74) is 3.95. The molecule has 0 spiro atoms. The molecule has 1 amide bonds. The van der Waals surface area contributed by atoms with E-state index in [9.17, 15) is 18.0 Å². The molecule has 1 aliphatic rings. The predicted molar refractivity (Wildman–Crippen MR) is 125 cm³/mol. The summed E-state index contributed by atoms with van der Waals surface area (Å²) in [5.74, 6) is -0.992. The van der Waals surface area contributed by atoms with Gasteiger partial charge in [0.15, 0.2) is 5.01 Å². The number of anilines is 1. The molecule has 6 rings (SSSR count). The average Bonchev–Trinajstić information content (AvgIpc) is 3.59. The second kappa shape index (κ2) is 7.72. The Morgan fingerprint density at radius 2 is 1.92 bits per heavy atom. The van der Waals surface area contributed by atoms with Gasteiger partial charge < -0.3 is 4.98 Å². The number of aromatic nitrogens is 5. The summed E-state index contributed by atoms with van der Waals surface area (Å²) in [6.45, 7) is 1.75. The quantitative estimate of drug-likeness (QED) is 0.318. The summed E-state index contributed by atoms with van der Waals surface area (Å²) in [6.07, 6.45) is -1.95. The van der Waals surface area contributed by atoms with Crippen LogP contribution >= 0.6 is 11.3 Å². The molecule has 12 heteroatoms. The topological polar surface area (TPSA) is 79.7 Å². The minimum Gasteiger partial charge on any atom is -0.345 e. The first-order valence-corrected chi connectivity index (χ1v) is 11.6. The highest BCUT2D eigenvalue weighted by Crippen LogP contribution is 2.45.